The molecule has 0 atom stereocenters. The van der Waals surface area contributed by atoms with Gasteiger partial charge in [0.05, 0.1) is 10.7 Å². The molecule has 1 aromatic carbocycles. The molecule has 0 saturated carbocycles. The van der Waals surface area contributed by atoms with Gasteiger partial charge in [-0.25, -0.2) is 0 Å². The van der Waals surface area contributed by atoms with E-state index >= 15 is 0 Å². The summed E-state index contributed by atoms with van der Waals surface area (Å²) < 4.78 is 0. The Balaban J connectivity index is 2.40. The molecule has 0 bridgehead atoms. The number of nitrogens with zero attached hydrogens (tertiary/aromatic N) is 1. The van der Waals surface area contributed by atoms with Crippen LogP contribution in [0.4, 0.5) is 5.69 Å². The number of anilines is 1. The standard InChI is InChI=1S/C12H12ClNO/c13-11-6-4-5-10(9-15)12(11)14-7-2-1-3-8-14/h1-2,4-6,9H,3,7-8H2. The zero-order valence-electron chi connectivity index (χ0n) is 8.32. The Hall–Kier alpha value is -1.28. The molecule has 2 nitrogen and oxygen atoms in total. The normalized spacial score (nSPS) is 15.4. The molecule has 1 aliphatic rings. The third-order valence-electron chi connectivity index (χ3n) is 2.52. The topological polar surface area (TPSA) is 20.3 Å². The monoisotopic (exact) mass is 221 g/mol. The van der Waals surface area contributed by atoms with E-state index in [4.69, 9.17) is 11.6 Å². The van der Waals surface area contributed by atoms with Crippen LogP contribution in [0.2, 0.25) is 5.02 Å². The first-order valence-corrected chi connectivity index (χ1v) is 5.34. The van der Waals surface area contributed by atoms with E-state index in [9.17, 15) is 4.79 Å². The summed E-state index contributed by atoms with van der Waals surface area (Å²) in [4.78, 5) is 13.0. The lowest BCUT2D eigenvalue weighted by atomic mass is 10.1. The number of hydrogen-bond acceptors (Lipinski definition) is 2. The molecule has 0 saturated heterocycles. The Labute approximate surface area is 94.2 Å². The number of rotatable bonds is 2. The van der Waals surface area contributed by atoms with Gasteiger partial charge in [-0.2, -0.15) is 0 Å². The van der Waals surface area contributed by atoms with Crippen LogP contribution in [0.3, 0.4) is 0 Å². The SMILES string of the molecule is O=Cc1cccc(Cl)c1N1CC=CCC1. The first-order valence-electron chi connectivity index (χ1n) is 4.96. The second-order valence-electron chi connectivity index (χ2n) is 3.50. The van der Waals surface area contributed by atoms with Crippen LogP contribution < -0.4 is 4.90 Å². The molecule has 1 heterocycles. The van der Waals surface area contributed by atoms with Crippen molar-refractivity contribution in [1.29, 1.82) is 0 Å². The number of carbonyl (C=O) groups is 1. The summed E-state index contributed by atoms with van der Waals surface area (Å²) in [6.07, 6.45) is 6.11. The Kier molecular flexibility index (Phi) is 3.07. The molecule has 1 aliphatic heterocycles. The lowest BCUT2D eigenvalue weighted by molar-refractivity contribution is 0.112. The van der Waals surface area contributed by atoms with E-state index in [1.165, 1.54) is 0 Å². The molecule has 2 rings (SSSR count). The predicted molar refractivity (Wildman–Crippen MR) is 62.8 cm³/mol. The summed E-state index contributed by atoms with van der Waals surface area (Å²) in [6.45, 7) is 1.74. The van der Waals surface area contributed by atoms with Gasteiger partial charge < -0.3 is 4.90 Å². The van der Waals surface area contributed by atoms with E-state index in [1.54, 1.807) is 12.1 Å². The Morgan fingerprint density at radius 3 is 2.87 bits per heavy atom. The molecule has 0 radical (unpaired) electrons. The van der Waals surface area contributed by atoms with E-state index in [-0.39, 0.29) is 0 Å². The second-order valence-corrected chi connectivity index (χ2v) is 3.91. The van der Waals surface area contributed by atoms with Crippen molar-refractivity contribution >= 4 is 23.6 Å². The first-order chi connectivity index (χ1) is 7.33. The average Bonchev–Trinajstić information content (AvgIpc) is 2.29. The molecule has 0 unspecified atom stereocenters. The zero-order valence-corrected chi connectivity index (χ0v) is 9.07. The van der Waals surface area contributed by atoms with Crippen LogP contribution in [0.5, 0.6) is 0 Å². The molecule has 0 aromatic heterocycles. The molecular weight excluding hydrogens is 210 g/mol. The van der Waals surface area contributed by atoms with Crippen LogP contribution in [0.1, 0.15) is 16.8 Å². The zero-order chi connectivity index (χ0) is 10.7. The molecule has 3 heteroatoms. The van der Waals surface area contributed by atoms with Crippen molar-refractivity contribution in [2.24, 2.45) is 0 Å². The van der Waals surface area contributed by atoms with Gasteiger partial charge in [-0.05, 0) is 18.6 Å². The Morgan fingerprint density at radius 1 is 1.33 bits per heavy atom. The lowest BCUT2D eigenvalue weighted by Crippen LogP contribution is -2.28. The van der Waals surface area contributed by atoms with Gasteiger partial charge in [0.15, 0.2) is 6.29 Å². The maximum atomic E-state index is 10.9. The Morgan fingerprint density at radius 2 is 2.20 bits per heavy atom. The van der Waals surface area contributed by atoms with Crippen LogP contribution in [0.25, 0.3) is 0 Å². The van der Waals surface area contributed by atoms with E-state index in [2.05, 4.69) is 17.1 Å². The highest BCUT2D eigenvalue weighted by Gasteiger charge is 2.14. The van der Waals surface area contributed by atoms with Crippen molar-refractivity contribution < 1.29 is 4.79 Å². The maximum absolute atomic E-state index is 10.9. The molecule has 78 valence electrons. The minimum absolute atomic E-state index is 0.648. The number of aldehydes is 1. The predicted octanol–water partition coefficient (Wildman–Crippen LogP) is 2.92. The fourth-order valence-corrected chi connectivity index (χ4v) is 2.11. The second kappa shape index (κ2) is 4.49. The van der Waals surface area contributed by atoms with Crippen molar-refractivity contribution in [1.82, 2.24) is 0 Å². The van der Waals surface area contributed by atoms with Crippen LogP contribution in [0, 0.1) is 0 Å². The maximum Gasteiger partial charge on any atom is 0.152 e. The molecule has 0 aliphatic carbocycles. The molecule has 0 fully saturated rings. The number of hydrogen-bond donors (Lipinski definition) is 0. The van der Waals surface area contributed by atoms with E-state index < -0.39 is 0 Å². The highest BCUT2D eigenvalue weighted by Crippen LogP contribution is 2.29. The van der Waals surface area contributed by atoms with E-state index in [0.717, 1.165) is 31.5 Å². The number of carbonyl (C=O) groups excluding carboxylic acids is 1. The molecular formula is C12H12ClNO. The van der Waals surface area contributed by atoms with Crippen molar-refractivity contribution in [3.05, 3.63) is 40.9 Å². The minimum atomic E-state index is 0.648. The molecule has 0 spiro atoms. The van der Waals surface area contributed by atoms with Gasteiger partial charge in [-0.1, -0.05) is 29.8 Å². The molecule has 1 aromatic rings. The van der Waals surface area contributed by atoms with Gasteiger partial charge in [0, 0.05) is 18.7 Å². The molecule has 0 N–H and O–H groups in total. The molecule has 15 heavy (non-hydrogen) atoms. The fraction of sp³-hybridized carbons (Fsp3) is 0.250. The van der Waals surface area contributed by atoms with Crippen LogP contribution in [0.15, 0.2) is 30.4 Å². The van der Waals surface area contributed by atoms with E-state index in [0.29, 0.717) is 10.6 Å². The third-order valence-corrected chi connectivity index (χ3v) is 2.82. The van der Waals surface area contributed by atoms with E-state index in [1.807, 2.05) is 6.07 Å². The lowest BCUT2D eigenvalue weighted by Gasteiger charge is -2.27. The smallest absolute Gasteiger partial charge is 0.152 e. The number of halogens is 1. The summed E-state index contributed by atoms with van der Waals surface area (Å²) >= 11 is 6.12. The largest absolute Gasteiger partial charge is 0.366 e. The third kappa shape index (κ3) is 2.05. The van der Waals surface area contributed by atoms with Gasteiger partial charge in [0.25, 0.3) is 0 Å². The Bertz CT molecular complexity index is 401. The van der Waals surface area contributed by atoms with Crippen molar-refractivity contribution in [2.45, 2.75) is 6.42 Å². The fourth-order valence-electron chi connectivity index (χ4n) is 1.81. The van der Waals surface area contributed by atoms with Gasteiger partial charge in [0.2, 0.25) is 0 Å². The minimum Gasteiger partial charge on any atom is -0.366 e. The quantitative estimate of drug-likeness (QED) is 0.565. The first kappa shape index (κ1) is 10.2. The van der Waals surface area contributed by atoms with Crippen molar-refractivity contribution in [3.63, 3.8) is 0 Å². The highest BCUT2D eigenvalue weighted by molar-refractivity contribution is 6.33. The molecule has 0 amide bonds. The number of benzene rings is 1. The number of para-hydroxylation sites is 1. The van der Waals surface area contributed by atoms with Gasteiger partial charge in [0.1, 0.15) is 0 Å². The van der Waals surface area contributed by atoms with Crippen molar-refractivity contribution in [3.8, 4) is 0 Å². The van der Waals surface area contributed by atoms with Gasteiger partial charge in [-0.3, -0.25) is 4.79 Å². The summed E-state index contributed by atoms with van der Waals surface area (Å²) in [6, 6.07) is 5.42. The summed E-state index contributed by atoms with van der Waals surface area (Å²) in [5, 5.41) is 0.648. The van der Waals surface area contributed by atoms with Gasteiger partial charge >= 0.3 is 0 Å². The summed E-state index contributed by atoms with van der Waals surface area (Å²) in [5.41, 5.74) is 1.52. The summed E-state index contributed by atoms with van der Waals surface area (Å²) in [5.74, 6) is 0. The van der Waals surface area contributed by atoms with Crippen LogP contribution in [-0.2, 0) is 0 Å². The average molecular weight is 222 g/mol. The highest BCUT2D eigenvalue weighted by atomic mass is 35.5. The summed E-state index contributed by atoms with van der Waals surface area (Å²) in [7, 11) is 0. The van der Waals surface area contributed by atoms with Crippen LogP contribution >= 0.6 is 11.6 Å². The van der Waals surface area contributed by atoms with Crippen molar-refractivity contribution in [2.75, 3.05) is 18.0 Å². The van der Waals surface area contributed by atoms with Gasteiger partial charge in [-0.15, -0.1) is 0 Å². The van der Waals surface area contributed by atoms with Crippen LogP contribution in [-0.4, -0.2) is 19.4 Å².